The van der Waals surface area contributed by atoms with Crippen molar-refractivity contribution in [3.05, 3.63) is 29.8 Å². The number of hydrogen-bond acceptors (Lipinski definition) is 2. The van der Waals surface area contributed by atoms with Crippen molar-refractivity contribution < 1.29 is 4.79 Å². The third-order valence-corrected chi connectivity index (χ3v) is 2.04. The third-order valence-electron chi connectivity index (χ3n) is 2.04. The molecule has 3 nitrogen and oxygen atoms in total. The van der Waals surface area contributed by atoms with Gasteiger partial charge in [0, 0.05) is 12.7 Å². The van der Waals surface area contributed by atoms with Crippen molar-refractivity contribution in [2.24, 2.45) is 0 Å². The van der Waals surface area contributed by atoms with Gasteiger partial charge in [-0.05, 0) is 19.1 Å². The van der Waals surface area contributed by atoms with Crippen LogP contribution in [0.3, 0.4) is 0 Å². The van der Waals surface area contributed by atoms with Crippen LogP contribution in [0.5, 0.6) is 0 Å². The lowest BCUT2D eigenvalue weighted by atomic mass is 10.1. The summed E-state index contributed by atoms with van der Waals surface area (Å²) in [7, 11) is 1.77. The zero-order chi connectivity index (χ0) is 11.3. The number of nitrogens with one attached hydrogen (secondary N) is 2. The Balaban J connectivity index is 2.87. The van der Waals surface area contributed by atoms with Crippen LogP contribution in [-0.4, -0.2) is 19.0 Å². The number of anilines is 1. The van der Waals surface area contributed by atoms with Gasteiger partial charge in [-0.2, -0.15) is 0 Å². The average Bonchev–Trinajstić information content (AvgIpc) is 2.28. The monoisotopic (exact) mass is 202 g/mol. The summed E-state index contributed by atoms with van der Waals surface area (Å²) in [5, 5.41) is 5.66. The minimum atomic E-state index is -0.262. The van der Waals surface area contributed by atoms with Crippen molar-refractivity contribution in [2.75, 3.05) is 12.4 Å². The molecule has 1 amide bonds. The second-order valence-corrected chi connectivity index (χ2v) is 3.16. The Morgan fingerprint density at radius 1 is 1.47 bits per heavy atom. The second kappa shape index (κ2) is 5.06. The lowest BCUT2D eigenvalue weighted by Gasteiger charge is -2.11. The number of amides is 1. The van der Waals surface area contributed by atoms with Gasteiger partial charge >= 0.3 is 0 Å². The minimum Gasteiger partial charge on any atom is -0.387 e. The largest absolute Gasteiger partial charge is 0.387 e. The Bertz CT molecular complexity index is 393. The molecule has 0 aliphatic heterocycles. The van der Waals surface area contributed by atoms with Gasteiger partial charge in [0.05, 0.1) is 11.6 Å². The van der Waals surface area contributed by atoms with E-state index in [0.717, 1.165) is 5.69 Å². The predicted molar refractivity (Wildman–Crippen MR) is 61.7 cm³/mol. The molecule has 1 atom stereocenters. The molecule has 0 spiro atoms. The van der Waals surface area contributed by atoms with Crippen molar-refractivity contribution in [2.45, 2.75) is 13.0 Å². The van der Waals surface area contributed by atoms with Crippen LogP contribution in [-0.2, 0) is 0 Å². The van der Waals surface area contributed by atoms with E-state index in [-0.39, 0.29) is 11.9 Å². The summed E-state index contributed by atoms with van der Waals surface area (Å²) in [4.78, 5) is 11.7. The maximum Gasteiger partial charge on any atom is 0.254 e. The molecular weight excluding hydrogens is 188 g/mol. The summed E-state index contributed by atoms with van der Waals surface area (Å²) in [6.07, 6.45) is 5.19. The van der Waals surface area contributed by atoms with Gasteiger partial charge in [0.1, 0.15) is 0 Å². The summed E-state index contributed by atoms with van der Waals surface area (Å²) in [5.74, 6) is 2.29. The Morgan fingerprint density at radius 3 is 2.73 bits per heavy atom. The van der Waals surface area contributed by atoms with Crippen LogP contribution in [0.2, 0.25) is 0 Å². The molecule has 0 saturated carbocycles. The molecule has 78 valence electrons. The average molecular weight is 202 g/mol. The van der Waals surface area contributed by atoms with E-state index in [2.05, 4.69) is 16.6 Å². The molecule has 0 heterocycles. The van der Waals surface area contributed by atoms with Crippen LogP contribution in [0.4, 0.5) is 5.69 Å². The molecule has 1 rings (SSSR count). The molecule has 1 aromatic rings. The van der Waals surface area contributed by atoms with Crippen LogP contribution in [0.1, 0.15) is 17.3 Å². The molecule has 0 aliphatic rings. The number of hydrogen-bond donors (Lipinski definition) is 2. The third kappa shape index (κ3) is 2.75. The summed E-state index contributed by atoms with van der Waals surface area (Å²) in [5.41, 5.74) is 1.39. The lowest BCUT2D eigenvalue weighted by Crippen LogP contribution is -2.31. The highest BCUT2D eigenvalue weighted by atomic mass is 16.1. The number of carbonyl (C=O) groups is 1. The van der Waals surface area contributed by atoms with Crippen molar-refractivity contribution in [1.82, 2.24) is 5.32 Å². The van der Waals surface area contributed by atoms with E-state index in [4.69, 9.17) is 6.42 Å². The molecule has 0 radical (unpaired) electrons. The Labute approximate surface area is 89.9 Å². The summed E-state index contributed by atoms with van der Waals surface area (Å²) in [6, 6.07) is 7.02. The molecule has 1 unspecified atom stereocenters. The molecule has 0 saturated heterocycles. The van der Waals surface area contributed by atoms with E-state index >= 15 is 0 Å². The zero-order valence-corrected chi connectivity index (χ0v) is 8.87. The number of rotatable bonds is 3. The van der Waals surface area contributed by atoms with Crippen molar-refractivity contribution in [3.8, 4) is 12.3 Å². The number of benzene rings is 1. The smallest absolute Gasteiger partial charge is 0.254 e. The Kier molecular flexibility index (Phi) is 3.75. The first-order chi connectivity index (χ1) is 7.19. The van der Waals surface area contributed by atoms with Gasteiger partial charge in [0.15, 0.2) is 0 Å². The summed E-state index contributed by atoms with van der Waals surface area (Å²) >= 11 is 0. The second-order valence-electron chi connectivity index (χ2n) is 3.16. The number of carbonyl (C=O) groups excluding carboxylic acids is 1. The molecule has 2 N–H and O–H groups in total. The van der Waals surface area contributed by atoms with E-state index in [1.807, 2.05) is 18.2 Å². The fourth-order valence-corrected chi connectivity index (χ4v) is 1.22. The topological polar surface area (TPSA) is 41.1 Å². The molecule has 15 heavy (non-hydrogen) atoms. The molecule has 0 aliphatic carbocycles. The van der Waals surface area contributed by atoms with Crippen LogP contribution < -0.4 is 10.6 Å². The van der Waals surface area contributed by atoms with E-state index in [1.54, 1.807) is 20.0 Å². The van der Waals surface area contributed by atoms with Crippen LogP contribution in [0.25, 0.3) is 0 Å². The quantitative estimate of drug-likeness (QED) is 0.729. The SMILES string of the molecule is C#CC(C)NC(=O)c1ccccc1NC. The van der Waals surface area contributed by atoms with Gasteiger partial charge in [-0.25, -0.2) is 0 Å². The fourth-order valence-electron chi connectivity index (χ4n) is 1.22. The van der Waals surface area contributed by atoms with E-state index < -0.39 is 0 Å². The zero-order valence-electron chi connectivity index (χ0n) is 8.87. The van der Waals surface area contributed by atoms with E-state index in [0.29, 0.717) is 5.56 Å². The Hall–Kier alpha value is -1.95. The first kappa shape index (κ1) is 11.1. The maximum atomic E-state index is 11.7. The molecular formula is C12H14N2O. The molecule has 1 aromatic carbocycles. The van der Waals surface area contributed by atoms with E-state index in [9.17, 15) is 4.79 Å². The molecule has 0 bridgehead atoms. The highest BCUT2D eigenvalue weighted by molar-refractivity contribution is 5.99. The van der Waals surface area contributed by atoms with Gasteiger partial charge in [-0.15, -0.1) is 6.42 Å². The van der Waals surface area contributed by atoms with Gasteiger partial charge < -0.3 is 10.6 Å². The van der Waals surface area contributed by atoms with Gasteiger partial charge in [-0.1, -0.05) is 18.1 Å². The maximum absolute atomic E-state index is 11.7. The number of para-hydroxylation sites is 1. The van der Waals surface area contributed by atoms with Crippen LogP contribution >= 0.6 is 0 Å². The summed E-state index contributed by atoms with van der Waals surface area (Å²) < 4.78 is 0. The first-order valence-corrected chi connectivity index (χ1v) is 4.72. The van der Waals surface area contributed by atoms with E-state index in [1.165, 1.54) is 0 Å². The Morgan fingerprint density at radius 2 is 2.13 bits per heavy atom. The normalized spacial score (nSPS) is 11.3. The van der Waals surface area contributed by atoms with Crippen LogP contribution in [0, 0.1) is 12.3 Å². The molecule has 0 fully saturated rings. The van der Waals surface area contributed by atoms with Crippen LogP contribution in [0.15, 0.2) is 24.3 Å². The minimum absolute atomic E-state index is 0.162. The fraction of sp³-hybridized carbons (Fsp3) is 0.250. The van der Waals surface area contributed by atoms with Crippen molar-refractivity contribution in [3.63, 3.8) is 0 Å². The summed E-state index contributed by atoms with van der Waals surface area (Å²) in [6.45, 7) is 1.76. The van der Waals surface area contributed by atoms with Gasteiger partial charge in [0.25, 0.3) is 5.91 Å². The first-order valence-electron chi connectivity index (χ1n) is 4.72. The predicted octanol–water partition coefficient (Wildman–Crippen LogP) is 1.48. The number of terminal acetylenes is 1. The van der Waals surface area contributed by atoms with Crippen molar-refractivity contribution >= 4 is 11.6 Å². The lowest BCUT2D eigenvalue weighted by molar-refractivity contribution is 0.0949. The van der Waals surface area contributed by atoms with Gasteiger partial charge in [0.2, 0.25) is 0 Å². The molecule has 0 aromatic heterocycles. The standard InChI is InChI=1S/C12H14N2O/c1-4-9(2)14-12(15)10-7-5-6-8-11(10)13-3/h1,5-9,13H,2-3H3,(H,14,15). The highest BCUT2D eigenvalue weighted by Gasteiger charge is 2.10. The highest BCUT2D eigenvalue weighted by Crippen LogP contribution is 2.13. The van der Waals surface area contributed by atoms with Gasteiger partial charge in [-0.3, -0.25) is 4.79 Å². The van der Waals surface area contributed by atoms with Crippen molar-refractivity contribution in [1.29, 1.82) is 0 Å². The molecule has 3 heteroatoms.